The molecule has 26 heavy (non-hydrogen) atoms. The van der Waals surface area contributed by atoms with Crippen molar-refractivity contribution in [3.63, 3.8) is 0 Å². The zero-order valence-electron chi connectivity index (χ0n) is 16.1. The van der Waals surface area contributed by atoms with E-state index in [-0.39, 0.29) is 6.10 Å². The quantitative estimate of drug-likeness (QED) is 0.684. The van der Waals surface area contributed by atoms with Gasteiger partial charge in [-0.3, -0.25) is 0 Å². The van der Waals surface area contributed by atoms with E-state index in [0.29, 0.717) is 23.7 Å². The Bertz CT molecular complexity index is 611. The summed E-state index contributed by atoms with van der Waals surface area (Å²) < 4.78 is 0. The molecule has 0 spiro atoms. The molecule has 1 N–H and O–H groups in total. The van der Waals surface area contributed by atoms with E-state index in [1.165, 1.54) is 24.0 Å². The van der Waals surface area contributed by atoms with Crippen LogP contribution in [0.1, 0.15) is 75.3 Å². The van der Waals surface area contributed by atoms with Crippen molar-refractivity contribution in [2.24, 2.45) is 17.8 Å². The predicted molar refractivity (Wildman–Crippen MR) is 107 cm³/mol. The van der Waals surface area contributed by atoms with Crippen molar-refractivity contribution >= 4 is 0 Å². The fourth-order valence-electron chi connectivity index (χ4n) is 5.06. The molecule has 2 saturated carbocycles. The maximum atomic E-state index is 10.9. The first-order valence-electron chi connectivity index (χ1n) is 10.5. The van der Waals surface area contributed by atoms with E-state index in [1.807, 2.05) is 0 Å². The molecule has 0 aromatic heterocycles. The van der Waals surface area contributed by atoms with E-state index < -0.39 is 0 Å². The molecule has 2 aliphatic rings. The number of nitriles is 1. The Hall–Kier alpha value is -1.59. The molecule has 1 aromatic carbocycles. The van der Waals surface area contributed by atoms with Gasteiger partial charge >= 0.3 is 0 Å². The fourth-order valence-corrected chi connectivity index (χ4v) is 5.06. The van der Waals surface area contributed by atoms with Gasteiger partial charge < -0.3 is 5.11 Å². The van der Waals surface area contributed by atoms with E-state index in [9.17, 15) is 5.11 Å². The molecule has 0 aliphatic heterocycles. The molecule has 1 aromatic rings. The minimum Gasteiger partial charge on any atom is -0.393 e. The minimum absolute atomic E-state index is 0.126. The summed E-state index contributed by atoms with van der Waals surface area (Å²) in [5.74, 6) is 2.17. The fraction of sp³-hybridized carbons (Fsp3) is 0.625. The van der Waals surface area contributed by atoms with Gasteiger partial charge in [0.1, 0.15) is 0 Å². The lowest BCUT2D eigenvalue weighted by Crippen LogP contribution is -2.34. The Morgan fingerprint density at radius 3 is 2.12 bits per heavy atom. The molecular formula is C24H33NO. The summed E-state index contributed by atoms with van der Waals surface area (Å²) in [5.41, 5.74) is 2.90. The third-order valence-electron chi connectivity index (χ3n) is 6.86. The summed E-state index contributed by atoms with van der Waals surface area (Å²) in [6.07, 6.45) is 13.9. The van der Waals surface area contributed by atoms with Crippen molar-refractivity contribution in [2.45, 2.75) is 76.7 Å². The number of aliphatic hydroxyl groups is 1. The molecule has 0 bridgehead atoms. The van der Waals surface area contributed by atoms with Crippen molar-refractivity contribution in [1.29, 1.82) is 5.26 Å². The van der Waals surface area contributed by atoms with E-state index in [1.54, 1.807) is 6.08 Å². The molecule has 0 radical (unpaired) electrons. The van der Waals surface area contributed by atoms with Crippen molar-refractivity contribution in [2.75, 3.05) is 0 Å². The molecule has 0 heterocycles. The highest BCUT2D eigenvalue weighted by Crippen LogP contribution is 2.41. The number of benzene rings is 1. The Balaban J connectivity index is 1.47. The second kappa shape index (κ2) is 9.38. The molecule has 2 fully saturated rings. The molecule has 2 aliphatic carbocycles. The molecule has 1 unspecified atom stereocenters. The van der Waals surface area contributed by atoms with E-state index >= 15 is 0 Å². The lowest BCUT2D eigenvalue weighted by molar-refractivity contribution is 0.0127. The Morgan fingerprint density at radius 2 is 1.58 bits per heavy atom. The Morgan fingerprint density at radius 1 is 1.00 bits per heavy atom. The van der Waals surface area contributed by atoms with Crippen LogP contribution in [0.5, 0.6) is 0 Å². The first-order chi connectivity index (χ1) is 12.7. The molecule has 2 nitrogen and oxygen atoms in total. The molecule has 0 saturated heterocycles. The van der Waals surface area contributed by atoms with Crippen molar-refractivity contribution in [3.05, 3.63) is 47.5 Å². The average molecular weight is 352 g/mol. The van der Waals surface area contributed by atoms with Gasteiger partial charge in [0, 0.05) is 6.08 Å². The number of aryl methyl sites for hydroxylation is 1. The van der Waals surface area contributed by atoms with Crippen LogP contribution in [0, 0.1) is 29.1 Å². The monoisotopic (exact) mass is 351 g/mol. The van der Waals surface area contributed by atoms with Gasteiger partial charge in [-0.15, -0.1) is 0 Å². The van der Waals surface area contributed by atoms with E-state index in [4.69, 9.17) is 5.26 Å². The van der Waals surface area contributed by atoms with Crippen LogP contribution < -0.4 is 0 Å². The van der Waals surface area contributed by atoms with E-state index in [0.717, 1.165) is 44.9 Å². The third-order valence-corrected chi connectivity index (χ3v) is 6.86. The number of rotatable bonds is 5. The summed E-state index contributed by atoms with van der Waals surface area (Å²) in [5, 5.41) is 19.6. The van der Waals surface area contributed by atoms with Crippen LogP contribution in [0.2, 0.25) is 0 Å². The van der Waals surface area contributed by atoms with Crippen molar-refractivity contribution in [3.8, 4) is 6.07 Å². The number of aliphatic hydroxyl groups excluding tert-OH is 1. The number of allylic oxidation sites excluding steroid dienone is 2. The summed E-state index contributed by atoms with van der Waals surface area (Å²) in [6.45, 7) is 2.20. The van der Waals surface area contributed by atoms with Gasteiger partial charge in [0.15, 0.2) is 0 Å². The topological polar surface area (TPSA) is 44.0 Å². The van der Waals surface area contributed by atoms with Gasteiger partial charge in [-0.1, -0.05) is 37.3 Å². The number of nitrogens with zero attached hydrogens (tertiary/aromatic N) is 1. The lowest BCUT2D eigenvalue weighted by Gasteiger charge is -2.37. The lowest BCUT2D eigenvalue weighted by atomic mass is 9.70. The van der Waals surface area contributed by atoms with Gasteiger partial charge in [-0.05, 0) is 92.6 Å². The first kappa shape index (κ1) is 19.2. The van der Waals surface area contributed by atoms with Gasteiger partial charge in [0.05, 0.1) is 12.2 Å². The van der Waals surface area contributed by atoms with E-state index in [2.05, 4.69) is 43.3 Å². The van der Waals surface area contributed by atoms with Crippen molar-refractivity contribution < 1.29 is 5.11 Å². The molecule has 2 heteroatoms. The summed E-state index contributed by atoms with van der Waals surface area (Å²) in [4.78, 5) is 0. The summed E-state index contributed by atoms with van der Waals surface area (Å²) >= 11 is 0. The van der Waals surface area contributed by atoms with Gasteiger partial charge in [0.25, 0.3) is 0 Å². The SMILES string of the molecule is CCc1ccc(C2CCC(C(O)C3CCC(C=CC#N)CC3)CC2)cc1. The van der Waals surface area contributed by atoms with Gasteiger partial charge in [-0.25, -0.2) is 0 Å². The summed E-state index contributed by atoms with van der Waals surface area (Å²) in [6, 6.07) is 11.3. The molecule has 1 atom stereocenters. The molecule has 3 rings (SSSR count). The maximum absolute atomic E-state index is 10.9. The first-order valence-corrected chi connectivity index (χ1v) is 10.5. The number of hydrogen-bond acceptors (Lipinski definition) is 2. The van der Waals surface area contributed by atoms with Crippen molar-refractivity contribution in [1.82, 2.24) is 0 Å². The second-order valence-electron chi connectivity index (χ2n) is 8.36. The van der Waals surface area contributed by atoms with Crippen LogP contribution in [0.15, 0.2) is 36.4 Å². The Kier molecular flexibility index (Phi) is 6.92. The largest absolute Gasteiger partial charge is 0.393 e. The molecular weight excluding hydrogens is 318 g/mol. The highest BCUT2D eigenvalue weighted by Gasteiger charge is 2.33. The standard InChI is InChI=1S/C24H33NO/c1-2-18-5-9-20(10-6-18)21-13-15-23(16-14-21)24(26)22-11-7-19(8-12-22)4-3-17-25/h3-6,9-10,19,21-24,26H,2,7-8,11-16H2,1H3. The number of hydrogen-bond donors (Lipinski definition) is 1. The minimum atomic E-state index is -0.126. The highest BCUT2D eigenvalue weighted by atomic mass is 16.3. The summed E-state index contributed by atoms with van der Waals surface area (Å²) in [7, 11) is 0. The Labute approximate surface area is 158 Å². The smallest absolute Gasteiger partial charge is 0.0908 e. The van der Waals surface area contributed by atoms with Crippen LogP contribution in [-0.4, -0.2) is 11.2 Å². The second-order valence-corrected chi connectivity index (χ2v) is 8.36. The molecule has 0 amide bonds. The van der Waals surface area contributed by atoms with Crippen LogP contribution >= 0.6 is 0 Å². The van der Waals surface area contributed by atoms with Crippen LogP contribution in [0.25, 0.3) is 0 Å². The van der Waals surface area contributed by atoms with Crippen LogP contribution in [-0.2, 0) is 6.42 Å². The molecule has 140 valence electrons. The zero-order chi connectivity index (χ0) is 18.4. The predicted octanol–water partition coefficient (Wildman–Crippen LogP) is 5.77. The van der Waals surface area contributed by atoms with Crippen LogP contribution in [0.4, 0.5) is 0 Å². The maximum Gasteiger partial charge on any atom is 0.0908 e. The highest BCUT2D eigenvalue weighted by molar-refractivity contribution is 5.25. The van der Waals surface area contributed by atoms with Gasteiger partial charge in [0.2, 0.25) is 0 Å². The normalized spacial score (nSPS) is 30.8. The zero-order valence-corrected chi connectivity index (χ0v) is 16.1. The third kappa shape index (κ3) is 4.77. The van der Waals surface area contributed by atoms with Gasteiger partial charge in [-0.2, -0.15) is 5.26 Å². The van der Waals surface area contributed by atoms with Crippen LogP contribution in [0.3, 0.4) is 0 Å². The average Bonchev–Trinajstić information content (AvgIpc) is 2.72.